The number of fused-ring (bicyclic) bond motifs is 5. The molecule has 3 fully saturated rings. The van der Waals surface area contributed by atoms with Crippen molar-refractivity contribution < 1.29 is 14.6 Å². The largest absolute Gasteiger partial charge is 0.394 e. The predicted molar refractivity (Wildman–Crippen MR) is 101 cm³/mol. The Kier molecular flexibility index (Phi) is 4.56. The molecule has 4 rings (SSSR count). The highest BCUT2D eigenvalue weighted by atomic mass is 16.5. The number of ketones is 1. The highest BCUT2D eigenvalue weighted by Gasteiger charge is 2.64. The number of rotatable bonds is 3. The molecule has 0 aromatic carbocycles. The second kappa shape index (κ2) is 6.50. The van der Waals surface area contributed by atoms with E-state index in [9.17, 15) is 9.90 Å². The third-order valence-corrected chi connectivity index (χ3v) is 8.43. The smallest absolute Gasteiger partial charge is 0.155 e. The Balaban J connectivity index is 1.66. The lowest BCUT2D eigenvalue weighted by Crippen LogP contribution is -2.55. The number of hydrogen-bond acceptors (Lipinski definition) is 3. The zero-order valence-electron chi connectivity index (χ0n) is 16.2. The van der Waals surface area contributed by atoms with Crippen molar-refractivity contribution in [3.63, 3.8) is 0 Å². The van der Waals surface area contributed by atoms with Gasteiger partial charge in [0.2, 0.25) is 0 Å². The van der Waals surface area contributed by atoms with Crippen molar-refractivity contribution in [2.45, 2.75) is 64.4 Å². The molecule has 0 spiro atoms. The fraction of sp³-hybridized carbons (Fsp3) is 0.783. The summed E-state index contributed by atoms with van der Waals surface area (Å²) in [5.41, 5.74) is 0.901. The number of hydrogen-bond donors (Lipinski definition) is 1. The molecule has 3 nitrogen and oxygen atoms in total. The van der Waals surface area contributed by atoms with Crippen LogP contribution in [0.25, 0.3) is 0 Å². The fourth-order valence-corrected chi connectivity index (χ4v) is 7.32. The first-order valence-electron chi connectivity index (χ1n) is 10.4. The van der Waals surface area contributed by atoms with Gasteiger partial charge < -0.3 is 9.84 Å². The second-order valence-electron chi connectivity index (χ2n) is 9.40. The van der Waals surface area contributed by atoms with Gasteiger partial charge in [-0.15, -0.1) is 6.42 Å². The van der Waals surface area contributed by atoms with Gasteiger partial charge in [0.15, 0.2) is 5.78 Å². The molecule has 0 aromatic rings. The van der Waals surface area contributed by atoms with Crippen molar-refractivity contribution in [3.8, 4) is 12.3 Å². The maximum atomic E-state index is 11.9. The quantitative estimate of drug-likeness (QED) is 0.783. The summed E-state index contributed by atoms with van der Waals surface area (Å²) in [7, 11) is 0. The summed E-state index contributed by atoms with van der Waals surface area (Å²) in [5.74, 6) is 6.53. The van der Waals surface area contributed by atoms with Gasteiger partial charge in [0.05, 0.1) is 13.2 Å². The SMILES string of the molecule is C#CC1(OCCO)CC[C@@H]2[C@H]3[C@@H](CC[C@@]21C)[C@H]1CCC(=O)C=C1C[C@@H]3C. The van der Waals surface area contributed by atoms with Gasteiger partial charge in [0.25, 0.3) is 0 Å². The molecular formula is C23H32O3. The standard InChI is InChI=1S/C23H32O3/c1-4-23(26-12-11-24)10-8-20-21-15(2)13-16-14-17(25)5-6-18(16)19(21)7-9-22(20,23)3/h1,14-15,18-21,24H,5-13H2,2-3H3/t15-,18-,19-,20+,21+,22-,23?/m0/s1. The molecule has 0 heterocycles. The molecule has 4 aliphatic carbocycles. The third-order valence-electron chi connectivity index (χ3n) is 8.43. The molecule has 1 N–H and O–H groups in total. The molecule has 142 valence electrons. The summed E-state index contributed by atoms with van der Waals surface area (Å²) in [6.45, 7) is 5.08. The summed E-state index contributed by atoms with van der Waals surface area (Å²) in [6, 6.07) is 0. The van der Waals surface area contributed by atoms with Crippen LogP contribution < -0.4 is 0 Å². The van der Waals surface area contributed by atoms with E-state index in [1.54, 1.807) is 0 Å². The fourth-order valence-electron chi connectivity index (χ4n) is 7.32. The zero-order valence-corrected chi connectivity index (χ0v) is 16.2. The van der Waals surface area contributed by atoms with Gasteiger partial charge >= 0.3 is 0 Å². The number of carbonyl (C=O) groups excluding carboxylic acids is 1. The number of aliphatic hydroxyl groups is 1. The van der Waals surface area contributed by atoms with E-state index >= 15 is 0 Å². The van der Waals surface area contributed by atoms with Crippen molar-refractivity contribution in [1.82, 2.24) is 0 Å². The highest BCUT2D eigenvalue weighted by Crippen LogP contribution is 2.66. The van der Waals surface area contributed by atoms with E-state index < -0.39 is 5.60 Å². The second-order valence-corrected chi connectivity index (χ2v) is 9.40. The summed E-state index contributed by atoms with van der Waals surface area (Å²) in [4.78, 5) is 11.9. The molecule has 4 aliphatic rings. The van der Waals surface area contributed by atoms with Crippen LogP contribution >= 0.6 is 0 Å². The van der Waals surface area contributed by atoms with Gasteiger partial charge in [-0.1, -0.05) is 25.3 Å². The van der Waals surface area contributed by atoms with Gasteiger partial charge in [-0.25, -0.2) is 0 Å². The minimum Gasteiger partial charge on any atom is -0.394 e. The van der Waals surface area contributed by atoms with Crippen LogP contribution in [0.4, 0.5) is 0 Å². The van der Waals surface area contributed by atoms with Gasteiger partial charge in [-0.05, 0) is 74.2 Å². The topological polar surface area (TPSA) is 46.5 Å². The van der Waals surface area contributed by atoms with Crippen LogP contribution in [0, 0.1) is 47.3 Å². The maximum Gasteiger partial charge on any atom is 0.155 e. The van der Waals surface area contributed by atoms with Crippen LogP contribution in [-0.2, 0) is 9.53 Å². The van der Waals surface area contributed by atoms with Crippen LogP contribution in [0.3, 0.4) is 0 Å². The van der Waals surface area contributed by atoms with E-state index in [1.165, 1.54) is 12.0 Å². The van der Waals surface area contributed by atoms with Crippen LogP contribution in [0.15, 0.2) is 11.6 Å². The van der Waals surface area contributed by atoms with E-state index in [1.807, 2.05) is 6.08 Å². The predicted octanol–water partition coefficient (Wildman–Crippen LogP) is 3.76. The number of carbonyl (C=O) groups is 1. The monoisotopic (exact) mass is 356 g/mol. The molecule has 3 heteroatoms. The molecular weight excluding hydrogens is 324 g/mol. The molecule has 0 bridgehead atoms. The van der Waals surface area contributed by atoms with Crippen LogP contribution in [0.5, 0.6) is 0 Å². The first kappa shape index (κ1) is 18.3. The maximum absolute atomic E-state index is 11.9. The molecule has 26 heavy (non-hydrogen) atoms. The average Bonchev–Trinajstić information content (AvgIpc) is 2.92. The lowest BCUT2D eigenvalue weighted by atomic mass is 9.48. The average molecular weight is 357 g/mol. The van der Waals surface area contributed by atoms with E-state index in [4.69, 9.17) is 11.2 Å². The van der Waals surface area contributed by atoms with E-state index in [2.05, 4.69) is 19.8 Å². The van der Waals surface area contributed by atoms with Crippen molar-refractivity contribution >= 4 is 5.78 Å². The van der Waals surface area contributed by atoms with Gasteiger partial charge in [0.1, 0.15) is 5.60 Å². The normalized spacial score (nSPS) is 47.4. The minimum atomic E-state index is -0.524. The van der Waals surface area contributed by atoms with Crippen molar-refractivity contribution in [3.05, 3.63) is 11.6 Å². The summed E-state index contributed by atoms with van der Waals surface area (Å²) >= 11 is 0. The summed E-state index contributed by atoms with van der Waals surface area (Å²) in [6.07, 6.45) is 15.2. The number of aliphatic hydroxyl groups excluding tert-OH is 1. The van der Waals surface area contributed by atoms with Crippen LogP contribution in [0.2, 0.25) is 0 Å². The van der Waals surface area contributed by atoms with Crippen LogP contribution in [0.1, 0.15) is 58.8 Å². The van der Waals surface area contributed by atoms with Gasteiger partial charge in [0, 0.05) is 11.8 Å². The van der Waals surface area contributed by atoms with Crippen molar-refractivity contribution in [1.29, 1.82) is 0 Å². The molecule has 0 aliphatic heterocycles. The van der Waals surface area contributed by atoms with Crippen molar-refractivity contribution in [2.24, 2.45) is 35.0 Å². The Bertz CT molecular complexity index is 659. The Morgan fingerprint density at radius 2 is 2.15 bits per heavy atom. The minimum absolute atomic E-state index is 0.00193. The molecule has 0 saturated heterocycles. The number of allylic oxidation sites excluding steroid dienone is 1. The Morgan fingerprint density at radius 1 is 1.35 bits per heavy atom. The molecule has 0 radical (unpaired) electrons. The lowest BCUT2D eigenvalue weighted by Gasteiger charge is -2.57. The third kappa shape index (κ3) is 2.45. The first-order valence-corrected chi connectivity index (χ1v) is 10.4. The van der Waals surface area contributed by atoms with Crippen LogP contribution in [-0.4, -0.2) is 29.7 Å². The Labute approximate surface area is 157 Å². The molecule has 3 saturated carbocycles. The summed E-state index contributed by atoms with van der Waals surface area (Å²) < 4.78 is 6.15. The first-order chi connectivity index (χ1) is 12.5. The van der Waals surface area contributed by atoms with Gasteiger partial charge in [-0.2, -0.15) is 0 Å². The number of ether oxygens (including phenoxy) is 1. The highest BCUT2D eigenvalue weighted by molar-refractivity contribution is 5.91. The molecule has 7 atom stereocenters. The number of terminal acetylenes is 1. The lowest BCUT2D eigenvalue weighted by molar-refractivity contribution is -0.133. The van der Waals surface area contributed by atoms with E-state index in [0.717, 1.165) is 38.5 Å². The van der Waals surface area contributed by atoms with E-state index in [0.29, 0.717) is 42.0 Å². The summed E-state index contributed by atoms with van der Waals surface area (Å²) in [5, 5.41) is 9.27. The zero-order chi connectivity index (χ0) is 18.5. The van der Waals surface area contributed by atoms with Crippen molar-refractivity contribution in [2.75, 3.05) is 13.2 Å². The molecule has 1 unspecified atom stereocenters. The Morgan fingerprint density at radius 3 is 2.88 bits per heavy atom. The molecule has 0 amide bonds. The van der Waals surface area contributed by atoms with E-state index in [-0.39, 0.29) is 12.0 Å². The molecule has 0 aromatic heterocycles. The van der Waals surface area contributed by atoms with Gasteiger partial charge in [-0.3, -0.25) is 4.79 Å². The Hall–Kier alpha value is -1.11.